The fraction of sp³-hybridized carbons (Fsp3) is 0.316. The number of nitrogens with zero attached hydrogens (tertiary/aromatic N) is 2. The molecule has 2 aliphatic heterocycles. The smallest absolute Gasteiger partial charge is 0.260 e. The summed E-state index contributed by atoms with van der Waals surface area (Å²) in [6, 6.07) is 10.9. The first-order chi connectivity index (χ1) is 12.0. The van der Waals surface area contributed by atoms with Crippen LogP contribution >= 0.6 is 0 Å². The lowest BCUT2D eigenvalue weighted by atomic mass is 9.75. The highest BCUT2D eigenvalue weighted by atomic mass is 16.2. The highest BCUT2D eigenvalue weighted by Gasteiger charge is 2.52. The van der Waals surface area contributed by atoms with Gasteiger partial charge < -0.3 is 14.8 Å². The molecular formula is C19H19N3O3. The number of nitrogens with one attached hydrogen (secondary N) is 1. The molecule has 1 atom stereocenters. The van der Waals surface area contributed by atoms with Gasteiger partial charge in [0.25, 0.3) is 11.5 Å². The van der Waals surface area contributed by atoms with Crippen LogP contribution in [-0.2, 0) is 10.2 Å². The zero-order valence-corrected chi connectivity index (χ0v) is 14.0. The van der Waals surface area contributed by atoms with Crippen LogP contribution in [0.25, 0.3) is 0 Å². The highest BCUT2D eigenvalue weighted by Crippen LogP contribution is 2.46. The van der Waals surface area contributed by atoms with E-state index in [1.54, 1.807) is 22.9 Å². The second-order valence-corrected chi connectivity index (χ2v) is 6.71. The Morgan fingerprint density at radius 3 is 2.76 bits per heavy atom. The topological polar surface area (TPSA) is 73.5 Å². The molecule has 1 aromatic heterocycles. The van der Waals surface area contributed by atoms with Crippen LogP contribution in [-0.4, -0.2) is 41.8 Å². The van der Waals surface area contributed by atoms with Crippen LogP contribution in [0.1, 0.15) is 28.8 Å². The molecule has 128 valence electrons. The average molecular weight is 337 g/mol. The molecule has 1 aromatic carbocycles. The molecule has 2 amide bonds. The Morgan fingerprint density at radius 1 is 1.16 bits per heavy atom. The number of carbonyl (C=O) groups excluding carboxylic acids is 2. The molecule has 1 saturated heterocycles. The number of likely N-dealkylation sites (N-methyl/N-ethyl adjacent to an activating group) is 1. The number of aromatic nitrogens is 1. The first kappa shape index (κ1) is 15.6. The van der Waals surface area contributed by atoms with Gasteiger partial charge in [0.05, 0.1) is 5.41 Å². The monoisotopic (exact) mass is 337 g/mol. The van der Waals surface area contributed by atoms with E-state index in [4.69, 9.17) is 0 Å². The van der Waals surface area contributed by atoms with Crippen molar-refractivity contribution in [2.75, 3.05) is 25.0 Å². The summed E-state index contributed by atoms with van der Waals surface area (Å²) in [4.78, 5) is 43.7. The number of anilines is 1. The summed E-state index contributed by atoms with van der Waals surface area (Å²) in [5.41, 5.74) is 0.885. The number of likely N-dealkylation sites (tertiary alicyclic amines) is 1. The Morgan fingerprint density at radius 2 is 1.96 bits per heavy atom. The number of hydrogen-bond donors (Lipinski definition) is 1. The first-order valence-electron chi connectivity index (χ1n) is 8.39. The summed E-state index contributed by atoms with van der Waals surface area (Å²) < 4.78 is 0. The van der Waals surface area contributed by atoms with Gasteiger partial charge in [-0.2, -0.15) is 0 Å². The van der Waals surface area contributed by atoms with Gasteiger partial charge in [0.2, 0.25) is 5.91 Å². The largest absolute Gasteiger partial charge is 0.337 e. The van der Waals surface area contributed by atoms with Gasteiger partial charge in [-0.15, -0.1) is 0 Å². The van der Waals surface area contributed by atoms with Crippen LogP contribution in [0.2, 0.25) is 0 Å². The van der Waals surface area contributed by atoms with Gasteiger partial charge >= 0.3 is 0 Å². The fourth-order valence-corrected chi connectivity index (χ4v) is 4.10. The van der Waals surface area contributed by atoms with Crippen LogP contribution in [0.3, 0.4) is 0 Å². The molecule has 0 aliphatic carbocycles. The Kier molecular flexibility index (Phi) is 3.49. The summed E-state index contributed by atoms with van der Waals surface area (Å²) in [5, 5.41) is 0. The summed E-state index contributed by atoms with van der Waals surface area (Å²) in [6.07, 6.45) is 2.94. The van der Waals surface area contributed by atoms with Gasteiger partial charge in [-0.3, -0.25) is 14.4 Å². The highest BCUT2D eigenvalue weighted by molar-refractivity contribution is 6.08. The zero-order chi connectivity index (χ0) is 17.6. The molecule has 2 aromatic rings. The van der Waals surface area contributed by atoms with Crippen LogP contribution in [0.4, 0.5) is 5.69 Å². The van der Waals surface area contributed by atoms with Gasteiger partial charge in [-0.25, -0.2) is 0 Å². The number of hydrogen-bond acceptors (Lipinski definition) is 3. The van der Waals surface area contributed by atoms with Crippen molar-refractivity contribution in [2.45, 2.75) is 18.3 Å². The number of fused-ring (bicyclic) bond motifs is 2. The maximum atomic E-state index is 13.0. The van der Waals surface area contributed by atoms with Crippen molar-refractivity contribution >= 4 is 17.5 Å². The first-order valence-corrected chi connectivity index (χ1v) is 8.39. The van der Waals surface area contributed by atoms with E-state index in [0.717, 1.165) is 17.7 Å². The molecule has 2 aliphatic rings. The number of rotatable bonds is 1. The minimum Gasteiger partial charge on any atom is -0.337 e. The molecule has 1 N–H and O–H groups in total. The van der Waals surface area contributed by atoms with Crippen molar-refractivity contribution in [3.05, 3.63) is 64.1 Å². The number of pyridine rings is 1. The Labute approximate surface area is 145 Å². The van der Waals surface area contributed by atoms with Gasteiger partial charge in [0.15, 0.2) is 0 Å². The summed E-state index contributed by atoms with van der Waals surface area (Å²) in [6.45, 7) is 0.856. The van der Waals surface area contributed by atoms with Crippen molar-refractivity contribution in [1.29, 1.82) is 0 Å². The third kappa shape index (κ3) is 2.21. The summed E-state index contributed by atoms with van der Waals surface area (Å²) in [5.74, 6) is -0.297. The van der Waals surface area contributed by atoms with E-state index in [-0.39, 0.29) is 17.4 Å². The van der Waals surface area contributed by atoms with E-state index >= 15 is 0 Å². The Hall–Kier alpha value is -2.89. The quantitative estimate of drug-likeness (QED) is 0.857. The van der Waals surface area contributed by atoms with Crippen LogP contribution in [0.15, 0.2) is 47.4 Å². The van der Waals surface area contributed by atoms with Gasteiger partial charge in [-0.05, 0) is 36.6 Å². The van der Waals surface area contributed by atoms with Crippen molar-refractivity contribution in [2.24, 2.45) is 0 Å². The second kappa shape index (κ2) is 5.58. The number of piperidine rings is 1. The minimum absolute atomic E-state index is 0.0215. The lowest BCUT2D eigenvalue weighted by molar-refractivity contribution is -0.124. The second-order valence-electron chi connectivity index (χ2n) is 6.71. The Bertz CT molecular complexity index is 920. The lowest BCUT2D eigenvalue weighted by Gasteiger charge is -2.39. The third-order valence-electron chi connectivity index (χ3n) is 5.32. The van der Waals surface area contributed by atoms with Gasteiger partial charge in [0.1, 0.15) is 5.56 Å². The summed E-state index contributed by atoms with van der Waals surface area (Å²) in [7, 11) is 1.78. The number of H-pyrrole nitrogens is 1. The molecule has 1 fully saturated rings. The van der Waals surface area contributed by atoms with Gasteiger partial charge in [-0.1, -0.05) is 18.2 Å². The third-order valence-corrected chi connectivity index (χ3v) is 5.32. The minimum atomic E-state index is -0.708. The van der Waals surface area contributed by atoms with Crippen molar-refractivity contribution in [3.8, 4) is 0 Å². The lowest BCUT2D eigenvalue weighted by Crippen LogP contribution is -2.53. The fourth-order valence-electron chi connectivity index (χ4n) is 4.10. The molecule has 1 spiro atoms. The maximum absolute atomic E-state index is 13.0. The van der Waals surface area contributed by atoms with E-state index in [1.165, 1.54) is 12.3 Å². The predicted molar refractivity (Wildman–Crippen MR) is 93.7 cm³/mol. The molecule has 3 heterocycles. The zero-order valence-electron chi connectivity index (χ0n) is 14.0. The van der Waals surface area contributed by atoms with Crippen molar-refractivity contribution in [1.82, 2.24) is 9.88 Å². The van der Waals surface area contributed by atoms with Crippen LogP contribution < -0.4 is 10.5 Å². The number of benzene rings is 1. The number of carbonyl (C=O) groups is 2. The van der Waals surface area contributed by atoms with E-state index in [0.29, 0.717) is 19.5 Å². The summed E-state index contributed by atoms with van der Waals surface area (Å²) >= 11 is 0. The number of aromatic amines is 1. The SMILES string of the molecule is CN1C(=O)[C@@]2(CCCN(C(=O)c3ccc[nH]c3=O)C2)c2ccccc21. The molecule has 0 saturated carbocycles. The van der Waals surface area contributed by atoms with E-state index < -0.39 is 11.0 Å². The molecule has 0 radical (unpaired) electrons. The van der Waals surface area contributed by atoms with E-state index in [2.05, 4.69) is 4.98 Å². The molecule has 6 heteroatoms. The molecule has 25 heavy (non-hydrogen) atoms. The molecule has 0 unspecified atom stereocenters. The predicted octanol–water partition coefficient (Wildman–Crippen LogP) is 1.53. The number of para-hydroxylation sites is 1. The number of amides is 2. The average Bonchev–Trinajstić information content (AvgIpc) is 2.84. The van der Waals surface area contributed by atoms with Crippen molar-refractivity contribution in [3.63, 3.8) is 0 Å². The van der Waals surface area contributed by atoms with Crippen LogP contribution in [0.5, 0.6) is 0 Å². The van der Waals surface area contributed by atoms with E-state index in [9.17, 15) is 14.4 Å². The van der Waals surface area contributed by atoms with Gasteiger partial charge in [0, 0.05) is 32.0 Å². The Balaban J connectivity index is 1.73. The molecular weight excluding hydrogens is 318 g/mol. The standard InChI is InChI=1S/C19H19N3O3/c1-21-15-8-3-2-7-14(15)19(18(21)25)9-5-11-22(12-19)17(24)13-6-4-10-20-16(13)23/h2-4,6-8,10H,5,9,11-12H2,1H3,(H,20,23)/t19-/m1/s1. The van der Waals surface area contributed by atoms with Crippen molar-refractivity contribution < 1.29 is 9.59 Å². The molecule has 6 nitrogen and oxygen atoms in total. The molecule has 4 rings (SSSR count). The van der Waals surface area contributed by atoms with E-state index in [1.807, 2.05) is 24.3 Å². The van der Waals surface area contributed by atoms with Crippen LogP contribution in [0, 0.1) is 0 Å². The maximum Gasteiger partial charge on any atom is 0.260 e. The molecule has 0 bridgehead atoms. The normalized spacial score (nSPS) is 22.4.